The molecule has 1 N–H and O–H groups in total. The summed E-state index contributed by atoms with van der Waals surface area (Å²) in [6, 6.07) is 3.75. The lowest BCUT2D eigenvalue weighted by atomic mass is 10.2. The number of hydrogen-bond donors (Lipinski definition) is 1. The summed E-state index contributed by atoms with van der Waals surface area (Å²) in [5.74, 6) is -0.393. The van der Waals surface area contributed by atoms with Crippen molar-refractivity contribution in [2.24, 2.45) is 0 Å². The van der Waals surface area contributed by atoms with Gasteiger partial charge in [0.25, 0.3) is 15.8 Å². The normalized spacial score (nSPS) is 11.1. The summed E-state index contributed by atoms with van der Waals surface area (Å²) in [5.41, 5.74) is 0.204. The van der Waals surface area contributed by atoms with Crippen LogP contribution in [0.25, 0.3) is 0 Å². The summed E-state index contributed by atoms with van der Waals surface area (Å²) in [7, 11) is -3.65. The molecule has 0 saturated carbocycles. The smallest absolute Gasteiger partial charge is 0.271 e. The Labute approximate surface area is 109 Å². The third kappa shape index (κ3) is 5.44. The Hall–Kier alpha value is -2.00. The van der Waals surface area contributed by atoms with Crippen molar-refractivity contribution in [3.8, 4) is 0 Å². The van der Waals surface area contributed by atoms with Crippen molar-refractivity contribution in [1.29, 1.82) is 0 Å². The van der Waals surface area contributed by atoms with Crippen LogP contribution in [0.5, 0.6) is 0 Å². The second-order valence-electron chi connectivity index (χ2n) is 3.79. The number of benzene rings is 1. The minimum absolute atomic E-state index is 0.203. The third-order valence-electron chi connectivity index (χ3n) is 1.95. The molecule has 8 nitrogen and oxygen atoms in total. The summed E-state index contributed by atoms with van der Waals surface area (Å²) in [5, 5.41) is 13.1. The summed E-state index contributed by atoms with van der Waals surface area (Å²) >= 11 is 0. The SMILES string of the molecule is CC(=O)Nc1cc(COS(C)(=O)=O)cc([N+](=O)[O-])c1. The van der Waals surface area contributed by atoms with Crippen LogP contribution in [-0.2, 0) is 25.7 Å². The number of nitro benzene ring substituents is 1. The number of anilines is 1. The molecule has 0 heterocycles. The Balaban J connectivity index is 3.05. The second kappa shape index (κ2) is 5.76. The fourth-order valence-electron chi connectivity index (χ4n) is 1.31. The molecule has 1 aromatic carbocycles. The van der Waals surface area contributed by atoms with E-state index in [1.165, 1.54) is 25.1 Å². The molecule has 0 aliphatic carbocycles. The fourth-order valence-corrected chi connectivity index (χ4v) is 1.66. The molecule has 0 atom stereocenters. The van der Waals surface area contributed by atoms with Gasteiger partial charge in [-0.05, 0) is 11.6 Å². The molecule has 0 aliphatic rings. The quantitative estimate of drug-likeness (QED) is 0.491. The third-order valence-corrected chi connectivity index (χ3v) is 2.49. The van der Waals surface area contributed by atoms with Gasteiger partial charge in [0.2, 0.25) is 5.91 Å². The van der Waals surface area contributed by atoms with Crippen molar-refractivity contribution in [2.45, 2.75) is 13.5 Å². The maximum absolute atomic E-state index is 10.9. The molecule has 0 radical (unpaired) electrons. The van der Waals surface area contributed by atoms with Crippen LogP contribution in [0.1, 0.15) is 12.5 Å². The van der Waals surface area contributed by atoms with Gasteiger partial charge >= 0.3 is 0 Å². The van der Waals surface area contributed by atoms with Gasteiger partial charge in [-0.25, -0.2) is 0 Å². The van der Waals surface area contributed by atoms with E-state index >= 15 is 0 Å². The first-order valence-corrected chi connectivity index (χ1v) is 6.89. The summed E-state index contributed by atoms with van der Waals surface area (Å²) in [4.78, 5) is 21.0. The molecule has 0 saturated heterocycles. The van der Waals surface area contributed by atoms with Crippen LogP contribution in [0.4, 0.5) is 11.4 Å². The second-order valence-corrected chi connectivity index (χ2v) is 5.44. The monoisotopic (exact) mass is 288 g/mol. The number of amides is 1. The number of nitro groups is 1. The Morgan fingerprint density at radius 3 is 2.53 bits per heavy atom. The zero-order valence-electron chi connectivity index (χ0n) is 10.2. The van der Waals surface area contributed by atoms with E-state index in [9.17, 15) is 23.3 Å². The Morgan fingerprint density at radius 1 is 1.42 bits per heavy atom. The van der Waals surface area contributed by atoms with Crippen LogP contribution in [0.2, 0.25) is 0 Å². The molecule has 0 aromatic heterocycles. The minimum atomic E-state index is -3.65. The predicted octanol–water partition coefficient (Wildman–Crippen LogP) is 1.03. The van der Waals surface area contributed by atoms with Crippen LogP contribution in [-0.4, -0.2) is 25.5 Å². The molecule has 0 aliphatic heterocycles. The molecule has 1 amide bonds. The lowest BCUT2D eigenvalue weighted by Gasteiger charge is -2.06. The van der Waals surface area contributed by atoms with Crippen molar-refractivity contribution in [3.63, 3.8) is 0 Å². The van der Waals surface area contributed by atoms with Gasteiger partial charge in [-0.3, -0.25) is 19.1 Å². The molecular weight excluding hydrogens is 276 g/mol. The van der Waals surface area contributed by atoms with Crippen molar-refractivity contribution < 1.29 is 22.3 Å². The Kier molecular flexibility index (Phi) is 4.57. The lowest BCUT2D eigenvalue weighted by molar-refractivity contribution is -0.384. The van der Waals surface area contributed by atoms with Crippen LogP contribution in [0.15, 0.2) is 18.2 Å². The maximum Gasteiger partial charge on any atom is 0.271 e. The van der Waals surface area contributed by atoms with Crippen molar-refractivity contribution >= 4 is 27.4 Å². The number of non-ortho nitro benzene ring substituents is 1. The van der Waals surface area contributed by atoms with Gasteiger partial charge in [0.05, 0.1) is 17.8 Å². The Bertz CT molecular complexity index is 610. The average molecular weight is 288 g/mol. The van der Waals surface area contributed by atoms with Crippen molar-refractivity contribution in [1.82, 2.24) is 0 Å². The van der Waals surface area contributed by atoms with E-state index < -0.39 is 20.9 Å². The van der Waals surface area contributed by atoms with Gasteiger partial charge in [0.15, 0.2) is 0 Å². The summed E-state index contributed by atoms with van der Waals surface area (Å²) in [6.45, 7) is 0.915. The number of nitrogens with one attached hydrogen (secondary N) is 1. The topological polar surface area (TPSA) is 116 Å². The zero-order chi connectivity index (χ0) is 14.6. The molecule has 0 unspecified atom stereocenters. The fraction of sp³-hybridized carbons (Fsp3) is 0.300. The van der Waals surface area contributed by atoms with E-state index in [1.54, 1.807) is 0 Å². The number of nitrogens with zero attached hydrogens (tertiary/aromatic N) is 1. The van der Waals surface area contributed by atoms with Gasteiger partial charge in [0, 0.05) is 24.7 Å². The maximum atomic E-state index is 10.9. The highest BCUT2D eigenvalue weighted by atomic mass is 32.2. The first-order chi connectivity index (χ1) is 8.67. The average Bonchev–Trinajstić information content (AvgIpc) is 2.24. The highest BCUT2D eigenvalue weighted by Gasteiger charge is 2.12. The standard InChI is InChI=1S/C10H12N2O6S/c1-7(13)11-9-3-8(6-18-19(2,16)17)4-10(5-9)12(14)15/h3-5H,6H2,1-2H3,(H,11,13). The zero-order valence-corrected chi connectivity index (χ0v) is 11.1. The Morgan fingerprint density at radius 2 is 2.05 bits per heavy atom. The largest absolute Gasteiger partial charge is 0.326 e. The van der Waals surface area contributed by atoms with E-state index in [1.807, 2.05) is 0 Å². The number of carbonyl (C=O) groups excluding carboxylic acids is 1. The first-order valence-electron chi connectivity index (χ1n) is 5.08. The predicted molar refractivity (Wildman–Crippen MR) is 67.0 cm³/mol. The summed E-state index contributed by atoms with van der Waals surface area (Å²) in [6.07, 6.45) is 0.874. The molecule has 1 aromatic rings. The highest BCUT2D eigenvalue weighted by Crippen LogP contribution is 2.21. The van der Waals surface area contributed by atoms with E-state index in [-0.39, 0.29) is 23.5 Å². The van der Waals surface area contributed by atoms with Crippen molar-refractivity contribution in [3.05, 3.63) is 33.9 Å². The minimum Gasteiger partial charge on any atom is -0.326 e. The summed E-state index contributed by atoms with van der Waals surface area (Å²) < 4.78 is 26.3. The first kappa shape index (κ1) is 15.1. The van der Waals surface area contributed by atoms with Gasteiger partial charge in [-0.1, -0.05) is 0 Å². The molecule has 104 valence electrons. The van der Waals surface area contributed by atoms with Crippen molar-refractivity contribution in [2.75, 3.05) is 11.6 Å². The number of hydrogen-bond acceptors (Lipinski definition) is 6. The van der Waals surface area contributed by atoms with E-state index in [0.29, 0.717) is 0 Å². The van der Waals surface area contributed by atoms with Crippen LogP contribution >= 0.6 is 0 Å². The molecule has 19 heavy (non-hydrogen) atoms. The van der Waals surface area contributed by atoms with Gasteiger partial charge in [-0.15, -0.1) is 0 Å². The molecular formula is C10H12N2O6S. The van der Waals surface area contributed by atoms with E-state index in [4.69, 9.17) is 0 Å². The highest BCUT2D eigenvalue weighted by molar-refractivity contribution is 7.85. The van der Waals surface area contributed by atoms with Gasteiger partial charge in [0.1, 0.15) is 0 Å². The van der Waals surface area contributed by atoms with Crippen LogP contribution < -0.4 is 5.32 Å². The molecule has 0 bridgehead atoms. The van der Waals surface area contributed by atoms with Crippen LogP contribution in [0.3, 0.4) is 0 Å². The van der Waals surface area contributed by atoms with E-state index in [0.717, 1.165) is 6.26 Å². The number of carbonyl (C=O) groups is 1. The molecule has 0 spiro atoms. The number of rotatable bonds is 5. The van der Waals surface area contributed by atoms with Crippen LogP contribution in [0, 0.1) is 10.1 Å². The molecule has 9 heteroatoms. The van der Waals surface area contributed by atoms with Gasteiger partial charge in [-0.2, -0.15) is 8.42 Å². The van der Waals surface area contributed by atoms with Gasteiger partial charge < -0.3 is 5.32 Å². The lowest BCUT2D eigenvalue weighted by Crippen LogP contribution is -2.08. The molecule has 1 rings (SSSR count). The molecule has 0 fully saturated rings. The van der Waals surface area contributed by atoms with E-state index in [2.05, 4.69) is 9.50 Å².